The number of carbonyl (C=O) groups excluding carboxylic acids is 2. The minimum absolute atomic E-state index is 0.0978. The topological polar surface area (TPSA) is 90.4 Å². The third-order valence-corrected chi connectivity index (χ3v) is 6.77. The van der Waals surface area contributed by atoms with Crippen LogP contribution in [-0.4, -0.2) is 18.7 Å². The Balaban J connectivity index is 1.90. The smallest absolute Gasteiger partial charge is 0.247 e. The molecular formula is C26H24N4O2. The van der Waals surface area contributed by atoms with Crippen molar-refractivity contribution in [2.24, 2.45) is 5.73 Å². The summed E-state index contributed by atoms with van der Waals surface area (Å²) in [5, 5.41) is 10.3. The lowest BCUT2D eigenvalue weighted by atomic mass is 9.64. The minimum atomic E-state index is -1.49. The Hall–Kier alpha value is -3.85. The van der Waals surface area contributed by atoms with Crippen LogP contribution in [0.3, 0.4) is 0 Å². The summed E-state index contributed by atoms with van der Waals surface area (Å²) in [5.74, 6) is -0.190. The van der Waals surface area contributed by atoms with E-state index in [2.05, 4.69) is 12.1 Å². The van der Waals surface area contributed by atoms with Gasteiger partial charge >= 0.3 is 0 Å². The van der Waals surface area contributed by atoms with Gasteiger partial charge in [0, 0.05) is 41.7 Å². The number of hydrogen-bond donors (Lipinski definition) is 1. The van der Waals surface area contributed by atoms with Gasteiger partial charge in [0.1, 0.15) is 17.3 Å². The highest BCUT2D eigenvalue weighted by atomic mass is 16.2. The lowest BCUT2D eigenvalue weighted by Crippen LogP contribution is -2.52. The van der Waals surface area contributed by atoms with Gasteiger partial charge in [0.05, 0.1) is 5.57 Å². The Morgan fingerprint density at radius 3 is 2.44 bits per heavy atom. The Labute approximate surface area is 187 Å². The molecular weight excluding hydrogens is 400 g/mol. The van der Waals surface area contributed by atoms with E-state index in [0.29, 0.717) is 36.1 Å². The number of nitrogens with two attached hydrogens (primary N) is 1. The molecule has 1 atom stereocenters. The van der Waals surface area contributed by atoms with E-state index >= 15 is 0 Å². The highest BCUT2D eigenvalue weighted by Crippen LogP contribution is 2.56. The zero-order valence-electron chi connectivity index (χ0n) is 18.4. The fourth-order valence-corrected chi connectivity index (χ4v) is 5.61. The van der Waals surface area contributed by atoms with Crippen molar-refractivity contribution in [1.82, 2.24) is 0 Å². The lowest BCUT2D eigenvalue weighted by molar-refractivity contribution is -0.124. The van der Waals surface area contributed by atoms with Crippen molar-refractivity contribution in [3.8, 4) is 6.07 Å². The summed E-state index contributed by atoms with van der Waals surface area (Å²) in [5.41, 5.74) is 10.7. The molecule has 1 aliphatic carbocycles. The molecule has 2 aliphatic heterocycles. The number of carbonyl (C=O) groups is 2. The molecule has 0 radical (unpaired) electrons. The first-order valence-corrected chi connectivity index (χ1v) is 10.8. The van der Waals surface area contributed by atoms with Gasteiger partial charge in [0.15, 0.2) is 5.78 Å². The molecule has 2 aromatic carbocycles. The van der Waals surface area contributed by atoms with Crippen molar-refractivity contribution < 1.29 is 9.59 Å². The number of para-hydroxylation sites is 1. The monoisotopic (exact) mass is 424 g/mol. The van der Waals surface area contributed by atoms with Crippen LogP contribution in [0, 0.1) is 25.2 Å². The molecule has 2 N–H and O–H groups in total. The van der Waals surface area contributed by atoms with Gasteiger partial charge in [-0.25, -0.2) is 0 Å². The summed E-state index contributed by atoms with van der Waals surface area (Å²) in [7, 11) is 1.69. The highest BCUT2D eigenvalue weighted by molar-refractivity contribution is 6.20. The molecule has 32 heavy (non-hydrogen) atoms. The lowest BCUT2D eigenvalue weighted by Gasteiger charge is -2.43. The molecule has 0 saturated heterocycles. The zero-order valence-corrected chi connectivity index (χ0v) is 18.4. The van der Waals surface area contributed by atoms with Gasteiger partial charge in [-0.3, -0.25) is 14.5 Å². The van der Waals surface area contributed by atoms with Crippen molar-refractivity contribution in [2.75, 3.05) is 16.8 Å². The molecule has 6 heteroatoms. The molecule has 0 fully saturated rings. The van der Waals surface area contributed by atoms with E-state index in [4.69, 9.17) is 5.73 Å². The first-order chi connectivity index (χ1) is 15.3. The number of nitrogens with zero attached hydrogens (tertiary/aromatic N) is 3. The summed E-state index contributed by atoms with van der Waals surface area (Å²) in [6, 6.07) is 15.7. The maximum absolute atomic E-state index is 13.9. The van der Waals surface area contributed by atoms with Crippen molar-refractivity contribution in [3.05, 3.63) is 81.8 Å². The first kappa shape index (κ1) is 20.1. The average molecular weight is 425 g/mol. The molecule has 2 heterocycles. The standard InChI is InChI=1S/C26H24N4O2/c1-15-11-16(2)13-17(12-15)30-21-9-6-10-22(31)23(21)26(19(14-27)24(30)28)18-7-4-5-8-20(18)29(3)25(26)32/h4-5,7-8,11-13H,6,9-10,28H2,1-3H3/t26-/m1/s1. The average Bonchev–Trinajstić information content (AvgIpc) is 2.96. The second-order valence-corrected chi connectivity index (χ2v) is 8.78. The van der Waals surface area contributed by atoms with E-state index in [1.165, 1.54) is 0 Å². The van der Waals surface area contributed by atoms with E-state index in [0.717, 1.165) is 22.5 Å². The van der Waals surface area contributed by atoms with Crippen LogP contribution in [0.2, 0.25) is 0 Å². The number of fused-ring (bicyclic) bond motifs is 3. The Kier molecular flexibility index (Phi) is 4.28. The zero-order chi connectivity index (χ0) is 22.8. The van der Waals surface area contributed by atoms with Crippen LogP contribution in [0.1, 0.15) is 36.0 Å². The van der Waals surface area contributed by atoms with Crippen molar-refractivity contribution >= 4 is 23.1 Å². The Morgan fingerprint density at radius 2 is 1.75 bits per heavy atom. The van der Waals surface area contributed by atoms with Crippen LogP contribution in [-0.2, 0) is 15.0 Å². The summed E-state index contributed by atoms with van der Waals surface area (Å²) in [6.07, 6.45) is 1.63. The third-order valence-electron chi connectivity index (χ3n) is 6.77. The summed E-state index contributed by atoms with van der Waals surface area (Å²) < 4.78 is 0. The van der Waals surface area contributed by atoms with E-state index in [1.807, 2.05) is 55.1 Å². The van der Waals surface area contributed by atoms with E-state index in [1.54, 1.807) is 11.9 Å². The first-order valence-electron chi connectivity index (χ1n) is 10.8. The van der Waals surface area contributed by atoms with Gasteiger partial charge in [-0.15, -0.1) is 0 Å². The van der Waals surface area contributed by atoms with Gasteiger partial charge in [-0.05, 0) is 56.0 Å². The van der Waals surface area contributed by atoms with E-state index < -0.39 is 5.41 Å². The number of benzene rings is 2. The SMILES string of the molecule is Cc1cc(C)cc(N2C(N)=C(C#N)[C@@]3(C(=O)N(C)c4ccccc43)C3=C2CCCC3=O)c1. The molecule has 0 saturated carbocycles. The second-order valence-electron chi connectivity index (χ2n) is 8.78. The van der Waals surface area contributed by atoms with Crippen LogP contribution >= 0.6 is 0 Å². The van der Waals surface area contributed by atoms with Crippen LogP contribution in [0.4, 0.5) is 11.4 Å². The second kappa shape index (κ2) is 6.83. The number of Topliss-reactive ketones (excluding diaryl/α,β-unsaturated/α-hetero) is 1. The van der Waals surface area contributed by atoms with Crippen molar-refractivity contribution in [1.29, 1.82) is 5.26 Å². The van der Waals surface area contributed by atoms with Crippen molar-refractivity contribution in [3.63, 3.8) is 0 Å². The van der Waals surface area contributed by atoms with Gasteiger partial charge in [0.2, 0.25) is 5.91 Å². The fraction of sp³-hybridized carbons (Fsp3) is 0.269. The number of allylic oxidation sites excluding steroid dienone is 1. The predicted molar refractivity (Wildman–Crippen MR) is 123 cm³/mol. The molecule has 5 rings (SSSR count). The highest BCUT2D eigenvalue weighted by Gasteiger charge is 2.61. The maximum Gasteiger partial charge on any atom is 0.247 e. The summed E-state index contributed by atoms with van der Waals surface area (Å²) in [4.78, 5) is 30.8. The molecule has 3 aliphatic rings. The third kappa shape index (κ3) is 2.39. The van der Waals surface area contributed by atoms with Crippen molar-refractivity contribution in [2.45, 2.75) is 38.5 Å². The maximum atomic E-state index is 13.9. The van der Waals surface area contributed by atoms with Gasteiger partial charge in [-0.2, -0.15) is 5.26 Å². The van der Waals surface area contributed by atoms with Gasteiger partial charge < -0.3 is 10.6 Å². The fourth-order valence-electron chi connectivity index (χ4n) is 5.61. The Bertz CT molecular complexity index is 1290. The van der Waals surface area contributed by atoms with Gasteiger partial charge in [0.25, 0.3) is 0 Å². The molecule has 2 aromatic rings. The molecule has 1 spiro atoms. The number of aryl methyl sites for hydroxylation is 2. The quantitative estimate of drug-likeness (QED) is 0.753. The van der Waals surface area contributed by atoms with Crippen LogP contribution in [0.5, 0.6) is 0 Å². The van der Waals surface area contributed by atoms with E-state index in [9.17, 15) is 14.9 Å². The predicted octanol–water partition coefficient (Wildman–Crippen LogP) is 3.74. The molecule has 1 amide bonds. The van der Waals surface area contributed by atoms with Crippen LogP contribution in [0.15, 0.2) is 65.1 Å². The number of anilines is 2. The van der Waals surface area contributed by atoms with Gasteiger partial charge in [-0.1, -0.05) is 24.3 Å². The summed E-state index contributed by atoms with van der Waals surface area (Å²) in [6.45, 7) is 4.00. The van der Waals surface area contributed by atoms with Crippen LogP contribution < -0.4 is 15.5 Å². The number of amides is 1. The molecule has 6 nitrogen and oxygen atoms in total. The number of hydrogen-bond acceptors (Lipinski definition) is 5. The molecule has 160 valence electrons. The molecule has 0 aromatic heterocycles. The Morgan fingerprint density at radius 1 is 1.06 bits per heavy atom. The largest absolute Gasteiger partial charge is 0.384 e. The normalized spacial score (nSPS) is 22.4. The molecule has 0 unspecified atom stereocenters. The summed E-state index contributed by atoms with van der Waals surface area (Å²) >= 11 is 0. The number of likely N-dealkylation sites (N-methyl/N-ethyl adjacent to an activating group) is 1. The number of nitriles is 1. The minimum Gasteiger partial charge on any atom is -0.384 e. The number of ketones is 1. The molecule has 0 bridgehead atoms. The van der Waals surface area contributed by atoms with E-state index in [-0.39, 0.29) is 23.1 Å². The number of rotatable bonds is 1. The van der Waals surface area contributed by atoms with Crippen LogP contribution in [0.25, 0.3) is 0 Å².